The van der Waals surface area contributed by atoms with Crippen LogP contribution in [0.5, 0.6) is 5.75 Å². The number of hydrogen-bond acceptors (Lipinski definition) is 6. The molecule has 0 aliphatic rings. The first-order valence-electron chi connectivity index (χ1n) is 9.13. The first-order chi connectivity index (χ1) is 14.5. The summed E-state index contributed by atoms with van der Waals surface area (Å²) in [6, 6.07) is 14.7. The van der Waals surface area contributed by atoms with E-state index in [1.807, 2.05) is 12.1 Å². The first-order valence-corrected chi connectivity index (χ1v) is 9.13. The van der Waals surface area contributed by atoms with Crippen LogP contribution in [0.1, 0.15) is 21.8 Å². The first kappa shape index (κ1) is 19.4. The molecule has 2 aromatic carbocycles. The van der Waals surface area contributed by atoms with Gasteiger partial charge in [0.25, 0.3) is 11.6 Å². The number of methoxy groups -OCH3 is 1. The largest absolute Gasteiger partial charge is 0.497 e. The van der Waals surface area contributed by atoms with Crippen molar-refractivity contribution in [3.8, 4) is 17.1 Å². The lowest BCUT2D eigenvalue weighted by molar-refractivity contribution is -0.384. The fourth-order valence-electron chi connectivity index (χ4n) is 3.60. The van der Waals surface area contributed by atoms with Crippen molar-refractivity contribution in [1.82, 2.24) is 4.57 Å². The van der Waals surface area contributed by atoms with E-state index in [0.717, 1.165) is 5.39 Å². The molecule has 0 spiro atoms. The smallest absolute Gasteiger partial charge is 0.298 e. The van der Waals surface area contributed by atoms with Crippen molar-refractivity contribution in [2.45, 2.75) is 13.5 Å². The lowest BCUT2D eigenvalue weighted by atomic mass is 10.1. The third kappa shape index (κ3) is 3.03. The van der Waals surface area contributed by atoms with Gasteiger partial charge in [-0.15, -0.1) is 0 Å². The number of hydrogen-bond donors (Lipinski definition) is 1. The Bertz CT molecular complexity index is 1280. The van der Waals surface area contributed by atoms with Crippen LogP contribution in [0.3, 0.4) is 0 Å². The van der Waals surface area contributed by atoms with E-state index in [1.54, 1.807) is 25.1 Å². The maximum Gasteiger partial charge on any atom is 0.298 e. The van der Waals surface area contributed by atoms with Gasteiger partial charge in [-0.25, -0.2) is 0 Å². The van der Waals surface area contributed by atoms with Crippen molar-refractivity contribution >= 4 is 22.5 Å². The van der Waals surface area contributed by atoms with Crippen LogP contribution in [0.2, 0.25) is 0 Å². The third-order valence-electron chi connectivity index (χ3n) is 5.09. The number of furan rings is 1. The van der Waals surface area contributed by atoms with E-state index in [9.17, 15) is 20.0 Å². The van der Waals surface area contributed by atoms with E-state index in [4.69, 9.17) is 9.15 Å². The van der Waals surface area contributed by atoms with E-state index < -0.39 is 10.8 Å². The molecule has 30 heavy (non-hydrogen) atoms. The van der Waals surface area contributed by atoms with Crippen LogP contribution < -0.4 is 4.74 Å². The van der Waals surface area contributed by atoms with Crippen molar-refractivity contribution in [2.75, 3.05) is 7.11 Å². The lowest BCUT2D eigenvalue weighted by Gasteiger charge is -2.06. The van der Waals surface area contributed by atoms with Crippen molar-refractivity contribution in [2.24, 2.45) is 0 Å². The predicted octanol–water partition coefficient (Wildman–Crippen LogP) is 4.31. The Morgan fingerprint density at radius 1 is 1.20 bits per heavy atom. The highest BCUT2D eigenvalue weighted by Gasteiger charge is 2.24. The zero-order valence-corrected chi connectivity index (χ0v) is 16.3. The Kier molecular flexibility index (Phi) is 4.85. The number of para-hydroxylation sites is 1. The van der Waals surface area contributed by atoms with Crippen molar-refractivity contribution < 1.29 is 24.0 Å². The van der Waals surface area contributed by atoms with Gasteiger partial charge in [0.1, 0.15) is 11.5 Å². The molecule has 2 aromatic heterocycles. The molecule has 0 amide bonds. The topological polar surface area (TPSA) is 108 Å². The Balaban J connectivity index is 1.80. The maximum atomic E-state index is 13.2. The van der Waals surface area contributed by atoms with E-state index in [1.165, 1.54) is 35.9 Å². The van der Waals surface area contributed by atoms with Gasteiger partial charge in [0.2, 0.25) is 0 Å². The van der Waals surface area contributed by atoms with Crippen molar-refractivity contribution in [3.05, 3.63) is 81.7 Å². The van der Waals surface area contributed by atoms with Crippen LogP contribution in [-0.2, 0) is 6.61 Å². The summed E-state index contributed by atoms with van der Waals surface area (Å²) in [6.07, 6.45) is 0. The average Bonchev–Trinajstić information content (AvgIpc) is 3.35. The minimum Gasteiger partial charge on any atom is -0.497 e. The van der Waals surface area contributed by atoms with Crippen LogP contribution >= 0.6 is 0 Å². The highest BCUT2D eigenvalue weighted by molar-refractivity contribution is 6.02. The molecule has 0 saturated heterocycles. The fraction of sp³-hybridized carbons (Fsp3) is 0.136. The fourth-order valence-corrected chi connectivity index (χ4v) is 3.60. The highest BCUT2D eigenvalue weighted by atomic mass is 16.6. The molecule has 0 aliphatic heterocycles. The SMILES string of the molecule is COc1ccc(-c2ccc(C(=O)n3c(C)c(CO)c4ccccc43)o2)c([N+](=O)[O-])c1. The molecule has 4 aromatic rings. The number of fused-ring (bicyclic) bond motifs is 1. The Morgan fingerprint density at radius 3 is 2.67 bits per heavy atom. The van der Waals surface area contributed by atoms with Gasteiger partial charge in [-0.1, -0.05) is 18.2 Å². The quantitative estimate of drug-likeness (QED) is 0.391. The molecule has 8 heteroatoms. The van der Waals surface area contributed by atoms with Gasteiger partial charge >= 0.3 is 0 Å². The van der Waals surface area contributed by atoms with Crippen LogP contribution in [0.4, 0.5) is 5.69 Å². The number of nitrogens with zero attached hydrogens (tertiary/aromatic N) is 2. The monoisotopic (exact) mass is 406 g/mol. The number of ether oxygens (including phenoxy) is 1. The van der Waals surface area contributed by atoms with Gasteiger partial charge in [0.05, 0.1) is 35.8 Å². The molecule has 2 heterocycles. The molecule has 0 fully saturated rings. The normalized spacial score (nSPS) is 11.0. The van der Waals surface area contributed by atoms with Crippen molar-refractivity contribution in [1.29, 1.82) is 0 Å². The zero-order chi connectivity index (χ0) is 21.4. The summed E-state index contributed by atoms with van der Waals surface area (Å²) in [7, 11) is 1.42. The summed E-state index contributed by atoms with van der Waals surface area (Å²) in [5, 5.41) is 22.0. The number of rotatable bonds is 5. The van der Waals surface area contributed by atoms with E-state index in [0.29, 0.717) is 22.5 Å². The number of benzene rings is 2. The number of carbonyl (C=O) groups excluding carboxylic acids is 1. The molecule has 4 rings (SSSR count). The zero-order valence-electron chi connectivity index (χ0n) is 16.3. The number of nitro groups is 1. The van der Waals surface area contributed by atoms with E-state index in [-0.39, 0.29) is 29.4 Å². The molecule has 0 radical (unpaired) electrons. The average molecular weight is 406 g/mol. The lowest BCUT2D eigenvalue weighted by Crippen LogP contribution is -2.12. The molecule has 0 aliphatic carbocycles. The second-order valence-electron chi connectivity index (χ2n) is 6.68. The van der Waals surface area contributed by atoms with Crippen LogP contribution in [-0.4, -0.2) is 27.6 Å². The number of aliphatic hydroxyl groups excluding tert-OH is 1. The molecule has 1 N–H and O–H groups in total. The third-order valence-corrected chi connectivity index (χ3v) is 5.09. The van der Waals surface area contributed by atoms with Gasteiger partial charge in [0, 0.05) is 16.6 Å². The Morgan fingerprint density at radius 2 is 1.97 bits per heavy atom. The van der Waals surface area contributed by atoms with E-state index >= 15 is 0 Å². The number of carbonyl (C=O) groups is 1. The van der Waals surface area contributed by atoms with Gasteiger partial charge < -0.3 is 14.3 Å². The van der Waals surface area contributed by atoms with Crippen molar-refractivity contribution in [3.63, 3.8) is 0 Å². The molecular weight excluding hydrogens is 388 g/mol. The van der Waals surface area contributed by atoms with Crippen LogP contribution in [0.15, 0.2) is 59.0 Å². The standard InChI is InChI=1S/C22H18N2O6/c1-13-17(12-25)15-5-3-4-6-18(15)23(13)22(26)21-10-9-20(30-21)16-8-7-14(29-2)11-19(16)24(27)28/h3-11,25H,12H2,1-2H3. The molecule has 0 unspecified atom stereocenters. The van der Waals surface area contributed by atoms with Gasteiger partial charge in [-0.3, -0.25) is 19.5 Å². The number of aliphatic hydroxyl groups is 1. The summed E-state index contributed by atoms with van der Waals surface area (Å²) in [5.74, 6) is 0.151. The Hall–Kier alpha value is -3.91. The molecular formula is C22H18N2O6. The van der Waals surface area contributed by atoms with Crippen LogP contribution in [0, 0.1) is 17.0 Å². The second kappa shape index (κ2) is 7.49. The summed E-state index contributed by atoms with van der Waals surface area (Å²) < 4.78 is 12.2. The predicted molar refractivity (Wildman–Crippen MR) is 110 cm³/mol. The number of aromatic nitrogens is 1. The minimum atomic E-state index is -0.529. The summed E-state index contributed by atoms with van der Waals surface area (Å²) >= 11 is 0. The summed E-state index contributed by atoms with van der Waals surface area (Å²) in [5.41, 5.74) is 1.98. The minimum absolute atomic E-state index is 0.0310. The maximum absolute atomic E-state index is 13.2. The van der Waals surface area contributed by atoms with Gasteiger partial charge in [0.15, 0.2) is 5.76 Å². The summed E-state index contributed by atoms with van der Waals surface area (Å²) in [4.78, 5) is 24.1. The second-order valence-corrected chi connectivity index (χ2v) is 6.68. The summed E-state index contributed by atoms with van der Waals surface area (Å²) in [6.45, 7) is 1.55. The van der Waals surface area contributed by atoms with Gasteiger partial charge in [-0.2, -0.15) is 0 Å². The number of nitro benzene ring substituents is 1. The molecule has 0 atom stereocenters. The highest BCUT2D eigenvalue weighted by Crippen LogP contribution is 2.35. The molecule has 152 valence electrons. The van der Waals surface area contributed by atoms with E-state index in [2.05, 4.69) is 0 Å². The van der Waals surface area contributed by atoms with Crippen LogP contribution in [0.25, 0.3) is 22.2 Å². The van der Waals surface area contributed by atoms with Gasteiger partial charge in [-0.05, 0) is 37.3 Å². The molecule has 0 bridgehead atoms. The molecule has 8 nitrogen and oxygen atoms in total. The molecule has 0 saturated carbocycles. The Labute approximate surface area is 171 Å².